The van der Waals surface area contributed by atoms with Crippen LogP contribution in [0.2, 0.25) is 0 Å². The molecule has 38 heavy (non-hydrogen) atoms. The second-order valence-corrected chi connectivity index (χ2v) is 9.11. The topological polar surface area (TPSA) is 251 Å². The number of hydrogen-bond donors (Lipinski definition) is 8. The first-order valence-electron chi connectivity index (χ1n) is 11.9. The van der Waals surface area contributed by atoms with E-state index in [4.69, 9.17) is 16.6 Å². The average Bonchev–Trinajstić information content (AvgIpc) is 2.83. The number of hydrogen-bond acceptors (Lipinski definition) is 8. The minimum Gasteiger partial charge on any atom is -0.508 e. The van der Waals surface area contributed by atoms with Gasteiger partial charge in [-0.3, -0.25) is 24.0 Å². The molecule has 10 N–H and O–H groups in total. The Morgan fingerprint density at radius 2 is 1.37 bits per heavy atom. The number of primary amides is 1. The molecule has 0 aromatic heterocycles. The van der Waals surface area contributed by atoms with Crippen LogP contribution in [0, 0.1) is 5.92 Å². The molecule has 0 spiro atoms. The predicted octanol–water partition coefficient (Wildman–Crippen LogP) is -1.41. The number of rotatable bonds is 16. The number of benzene rings is 1. The number of amides is 4. The van der Waals surface area contributed by atoms with Gasteiger partial charge in [0.15, 0.2) is 0 Å². The van der Waals surface area contributed by atoms with Gasteiger partial charge in [0.1, 0.15) is 23.9 Å². The molecule has 0 aliphatic rings. The highest BCUT2D eigenvalue weighted by molar-refractivity contribution is 5.94. The number of carboxylic acids is 2. The van der Waals surface area contributed by atoms with Crippen molar-refractivity contribution >= 4 is 35.6 Å². The van der Waals surface area contributed by atoms with E-state index in [0.29, 0.717) is 5.56 Å². The Morgan fingerprint density at radius 1 is 0.816 bits per heavy atom. The number of aromatic hydroxyl groups is 1. The third kappa shape index (κ3) is 11.2. The van der Waals surface area contributed by atoms with E-state index >= 15 is 0 Å². The smallest absolute Gasteiger partial charge is 0.326 e. The molecule has 0 heterocycles. The van der Waals surface area contributed by atoms with Crippen molar-refractivity contribution in [1.29, 1.82) is 0 Å². The maximum Gasteiger partial charge on any atom is 0.326 e. The number of phenols is 1. The van der Waals surface area contributed by atoms with Crippen LogP contribution in [0.5, 0.6) is 5.75 Å². The predicted molar refractivity (Wildman–Crippen MR) is 133 cm³/mol. The van der Waals surface area contributed by atoms with Gasteiger partial charge in [-0.25, -0.2) is 4.79 Å². The molecule has 0 saturated carbocycles. The molecule has 4 unspecified atom stereocenters. The van der Waals surface area contributed by atoms with E-state index in [2.05, 4.69) is 16.0 Å². The highest BCUT2D eigenvalue weighted by Gasteiger charge is 2.31. The summed E-state index contributed by atoms with van der Waals surface area (Å²) in [6.07, 6.45) is -1.21. The van der Waals surface area contributed by atoms with E-state index in [0.717, 1.165) is 0 Å². The number of nitrogens with two attached hydrogens (primary N) is 2. The molecule has 0 bridgehead atoms. The molecule has 1 aromatic rings. The summed E-state index contributed by atoms with van der Waals surface area (Å²) < 4.78 is 0. The molecule has 210 valence electrons. The Labute approximate surface area is 219 Å². The van der Waals surface area contributed by atoms with Crippen molar-refractivity contribution in [2.75, 3.05) is 0 Å². The van der Waals surface area contributed by atoms with Gasteiger partial charge in [-0.2, -0.15) is 0 Å². The molecule has 0 radical (unpaired) electrons. The number of phenolic OH excluding ortho intramolecular Hbond substituents is 1. The molecule has 14 heteroatoms. The van der Waals surface area contributed by atoms with E-state index in [1.807, 2.05) is 0 Å². The van der Waals surface area contributed by atoms with Gasteiger partial charge in [0.05, 0.1) is 6.04 Å². The quantitative estimate of drug-likeness (QED) is 0.122. The molecule has 1 aromatic carbocycles. The van der Waals surface area contributed by atoms with Crippen LogP contribution in [0.3, 0.4) is 0 Å². The van der Waals surface area contributed by atoms with E-state index < -0.39 is 72.1 Å². The van der Waals surface area contributed by atoms with Gasteiger partial charge in [0.2, 0.25) is 23.6 Å². The minimum atomic E-state index is -1.43. The SMILES string of the molecule is CC(C)C(NC(=O)C(CCC(=O)O)NC(=O)C(Cc1ccc(O)cc1)NC(=O)C(N)CCC(N)=O)C(=O)O. The van der Waals surface area contributed by atoms with Crippen LogP contribution in [0.25, 0.3) is 0 Å². The zero-order valence-electron chi connectivity index (χ0n) is 21.2. The second kappa shape index (κ2) is 15.1. The summed E-state index contributed by atoms with van der Waals surface area (Å²) in [5.74, 6) is -6.30. The Kier molecular flexibility index (Phi) is 12.7. The van der Waals surface area contributed by atoms with Gasteiger partial charge < -0.3 is 42.7 Å². The summed E-state index contributed by atoms with van der Waals surface area (Å²) in [7, 11) is 0. The largest absolute Gasteiger partial charge is 0.508 e. The third-order valence-corrected chi connectivity index (χ3v) is 5.56. The molecular formula is C24H35N5O9. The molecular weight excluding hydrogens is 502 g/mol. The summed E-state index contributed by atoms with van der Waals surface area (Å²) in [6, 6.07) is 0.549. The first-order chi connectivity index (χ1) is 17.7. The van der Waals surface area contributed by atoms with Crippen molar-refractivity contribution in [3.05, 3.63) is 29.8 Å². The molecule has 1 rings (SSSR count). The lowest BCUT2D eigenvalue weighted by molar-refractivity contribution is -0.144. The number of carbonyl (C=O) groups is 6. The fourth-order valence-corrected chi connectivity index (χ4v) is 3.36. The molecule has 0 fully saturated rings. The Hall–Kier alpha value is -4.20. The average molecular weight is 538 g/mol. The van der Waals surface area contributed by atoms with E-state index in [-0.39, 0.29) is 31.4 Å². The van der Waals surface area contributed by atoms with Gasteiger partial charge in [-0.05, 0) is 36.5 Å². The standard InChI is InChI=1S/C24H35N5O9/c1-12(2)20(24(37)38)29-22(35)16(8-10-19(32)33)27-23(36)17(11-13-3-5-14(30)6-4-13)28-21(34)15(25)7-9-18(26)31/h3-6,12,15-17,20,30H,7-11,25H2,1-2H3,(H2,26,31)(H,27,36)(H,28,34)(H,29,35)(H,32,33)(H,37,38). The van der Waals surface area contributed by atoms with Gasteiger partial charge in [0, 0.05) is 19.3 Å². The molecule has 0 saturated heterocycles. The molecule has 0 aliphatic heterocycles. The van der Waals surface area contributed by atoms with Crippen molar-refractivity contribution in [3.8, 4) is 5.75 Å². The summed E-state index contributed by atoms with van der Waals surface area (Å²) in [5.41, 5.74) is 11.4. The van der Waals surface area contributed by atoms with E-state index in [9.17, 15) is 39.0 Å². The monoisotopic (exact) mass is 537 g/mol. The summed E-state index contributed by atoms with van der Waals surface area (Å²) in [6.45, 7) is 3.13. The number of aliphatic carboxylic acids is 2. The zero-order chi connectivity index (χ0) is 29.0. The summed E-state index contributed by atoms with van der Waals surface area (Å²) in [5, 5.41) is 35.1. The Morgan fingerprint density at radius 3 is 1.87 bits per heavy atom. The van der Waals surface area contributed by atoms with Crippen LogP contribution in [0.1, 0.15) is 45.1 Å². The van der Waals surface area contributed by atoms with Gasteiger partial charge in [0.25, 0.3) is 0 Å². The first-order valence-corrected chi connectivity index (χ1v) is 11.9. The van der Waals surface area contributed by atoms with Crippen LogP contribution in [0.4, 0.5) is 0 Å². The number of carboxylic acid groups (broad SMARTS) is 2. The highest BCUT2D eigenvalue weighted by atomic mass is 16.4. The van der Waals surface area contributed by atoms with E-state index in [1.165, 1.54) is 24.3 Å². The molecule has 0 aliphatic carbocycles. The Balaban J connectivity index is 3.16. The van der Waals surface area contributed by atoms with Crippen molar-refractivity contribution in [2.45, 2.75) is 70.1 Å². The lowest BCUT2D eigenvalue weighted by atomic mass is 10.0. The molecule has 4 atom stereocenters. The van der Waals surface area contributed by atoms with Crippen LogP contribution in [0.15, 0.2) is 24.3 Å². The highest BCUT2D eigenvalue weighted by Crippen LogP contribution is 2.12. The van der Waals surface area contributed by atoms with Crippen LogP contribution in [-0.2, 0) is 35.2 Å². The van der Waals surface area contributed by atoms with Crippen molar-refractivity contribution < 1.29 is 44.1 Å². The van der Waals surface area contributed by atoms with Crippen LogP contribution >= 0.6 is 0 Å². The fourth-order valence-electron chi connectivity index (χ4n) is 3.36. The normalized spacial score (nSPS) is 14.0. The zero-order valence-corrected chi connectivity index (χ0v) is 21.2. The lowest BCUT2D eigenvalue weighted by Gasteiger charge is -2.26. The van der Waals surface area contributed by atoms with Crippen LogP contribution < -0.4 is 27.4 Å². The van der Waals surface area contributed by atoms with Gasteiger partial charge >= 0.3 is 11.9 Å². The maximum absolute atomic E-state index is 13.2. The number of nitrogens with one attached hydrogen (secondary N) is 3. The van der Waals surface area contributed by atoms with Crippen molar-refractivity contribution in [1.82, 2.24) is 16.0 Å². The van der Waals surface area contributed by atoms with Crippen molar-refractivity contribution in [2.24, 2.45) is 17.4 Å². The molecule has 14 nitrogen and oxygen atoms in total. The number of carbonyl (C=O) groups excluding carboxylic acids is 4. The Bertz CT molecular complexity index is 1010. The molecule has 4 amide bonds. The fraction of sp³-hybridized carbons (Fsp3) is 0.500. The first kappa shape index (κ1) is 31.8. The summed E-state index contributed by atoms with van der Waals surface area (Å²) >= 11 is 0. The maximum atomic E-state index is 13.2. The van der Waals surface area contributed by atoms with Crippen LogP contribution in [-0.4, -0.2) is 75.1 Å². The summed E-state index contributed by atoms with van der Waals surface area (Å²) in [4.78, 5) is 72.3. The minimum absolute atomic E-state index is 0.0317. The van der Waals surface area contributed by atoms with Gasteiger partial charge in [-0.15, -0.1) is 0 Å². The second-order valence-electron chi connectivity index (χ2n) is 9.11. The lowest BCUT2D eigenvalue weighted by Crippen LogP contribution is -2.58. The van der Waals surface area contributed by atoms with Crippen molar-refractivity contribution in [3.63, 3.8) is 0 Å². The third-order valence-electron chi connectivity index (χ3n) is 5.56. The van der Waals surface area contributed by atoms with E-state index in [1.54, 1.807) is 13.8 Å². The van der Waals surface area contributed by atoms with Gasteiger partial charge in [-0.1, -0.05) is 26.0 Å².